The maximum Gasteiger partial charge on any atom is 0.344 e. The molecule has 1 saturated carbocycles. The van der Waals surface area contributed by atoms with Crippen LogP contribution in [-0.4, -0.2) is 28.4 Å². The van der Waals surface area contributed by atoms with Crippen LogP contribution in [0.5, 0.6) is 0 Å². The molecule has 1 aliphatic carbocycles. The number of aryl methyl sites for hydroxylation is 1. The zero-order valence-electron chi connectivity index (χ0n) is 11.8. The predicted octanol–water partition coefficient (Wildman–Crippen LogP) is 1.49. The van der Waals surface area contributed by atoms with Crippen LogP contribution < -0.4 is 10.7 Å². The summed E-state index contributed by atoms with van der Waals surface area (Å²) in [6, 6.07) is 0.927. The number of amides is 4. The monoisotopic (exact) mass is 291 g/mol. The van der Waals surface area contributed by atoms with Crippen molar-refractivity contribution in [1.82, 2.24) is 15.8 Å². The van der Waals surface area contributed by atoms with Gasteiger partial charge in [-0.25, -0.2) is 4.79 Å². The highest BCUT2D eigenvalue weighted by Gasteiger charge is 2.52. The number of nitrogens with one attached hydrogen (secondary N) is 2. The molecular weight excluding hydrogens is 274 g/mol. The molecule has 112 valence electrons. The quantitative estimate of drug-likeness (QED) is 0.807. The molecule has 1 aromatic heterocycles. The van der Waals surface area contributed by atoms with Gasteiger partial charge in [0.15, 0.2) is 0 Å². The number of hydrazine groups is 1. The lowest BCUT2D eigenvalue weighted by Crippen LogP contribution is -2.51. The number of imide groups is 1. The van der Waals surface area contributed by atoms with E-state index < -0.39 is 17.5 Å². The highest BCUT2D eigenvalue weighted by molar-refractivity contribution is 6.09. The Bertz CT molecular complexity index is 601. The van der Waals surface area contributed by atoms with Crippen molar-refractivity contribution < 1.29 is 18.8 Å². The fourth-order valence-corrected chi connectivity index (χ4v) is 3.00. The van der Waals surface area contributed by atoms with E-state index in [2.05, 4.69) is 10.7 Å². The number of nitrogens with zero attached hydrogens (tertiary/aromatic N) is 1. The van der Waals surface area contributed by atoms with E-state index in [1.165, 1.54) is 12.3 Å². The van der Waals surface area contributed by atoms with Crippen molar-refractivity contribution in [2.75, 3.05) is 0 Å². The first-order valence-corrected chi connectivity index (χ1v) is 7.05. The van der Waals surface area contributed by atoms with Crippen molar-refractivity contribution in [2.24, 2.45) is 0 Å². The van der Waals surface area contributed by atoms with Gasteiger partial charge in [-0.2, -0.15) is 5.01 Å². The van der Waals surface area contributed by atoms with Crippen molar-refractivity contribution in [3.8, 4) is 0 Å². The Balaban J connectivity index is 1.77. The third kappa shape index (κ3) is 2.18. The zero-order valence-corrected chi connectivity index (χ0v) is 11.8. The highest BCUT2D eigenvalue weighted by Crippen LogP contribution is 2.33. The standard InChI is InChI=1S/C14H17N3O4/c1-9-10(5-8-21-9)11(18)16-17-12(19)14(15-13(17)20)6-3-2-4-7-14/h5,8H,2-4,6-7H2,1H3,(H,15,20)(H,16,18). The minimum atomic E-state index is -0.839. The molecule has 1 spiro atoms. The van der Waals surface area contributed by atoms with Crippen LogP contribution in [0, 0.1) is 6.92 Å². The number of hydrogen-bond donors (Lipinski definition) is 2. The van der Waals surface area contributed by atoms with Crippen molar-refractivity contribution in [2.45, 2.75) is 44.6 Å². The lowest BCUT2D eigenvalue weighted by molar-refractivity contribution is -0.134. The summed E-state index contributed by atoms with van der Waals surface area (Å²) in [5, 5.41) is 3.53. The molecule has 0 radical (unpaired) electrons. The zero-order chi connectivity index (χ0) is 15.0. The average Bonchev–Trinajstić information content (AvgIpc) is 2.98. The molecule has 7 nitrogen and oxygen atoms in total. The Morgan fingerprint density at radius 3 is 2.67 bits per heavy atom. The normalized spacial score (nSPS) is 20.7. The molecule has 2 aliphatic rings. The molecule has 7 heteroatoms. The van der Waals surface area contributed by atoms with Crippen LogP contribution in [0.15, 0.2) is 16.7 Å². The summed E-state index contributed by atoms with van der Waals surface area (Å²) in [6.45, 7) is 1.64. The average molecular weight is 291 g/mol. The summed E-state index contributed by atoms with van der Waals surface area (Å²) >= 11 is 0. The third-order valence-corrected chi connectivity index (χ3v) is 4.19. The number of hydrogen-bond acceptors (Lipinski definition) is 4. The Morgan fingerprint density at radius 1 is 1.33 bits per heavy atom. The van der Waals surface area contributed by atoms with E-state index in [1.54, 1.807) is 6.92 Å². The third-order valence-electron chi connectivity index (χ3n) is 4.19. The van der Waals surface area contributed by atoms with E-state index in [-0.39, 0.29) is 5.91 Å². The van der Waals surface area contributed by atoms with Crippen LogP contribution in [0.2, 0.25) is 0 Å². The molecule has 2 heterocycles. The molecule has 2 N–H and O–H groups in total. The highest BCUT2D eigenvalue weighted by atomic mass is 16.3. The number of carbonyl (C=O) groups excluding carboxylic acids is 3. The topological polar surface area (TPSA) is 91.7 Å². The van der Waals surface area contributed by atoms with Gasteiger partial charge in [0.2, 0.25) is 0 Å². The first-order chi connectivity index (χ1) is 10.0. The Kier molecular flexibility index (Phi) is 3.19. The van der Waals surface area contributed by atoms with Crippen molar-refractivity contribution >= 4 is 17.8 Å². The van der Waals surface area contributed by atoms with E-state index in [9.17, 15) is 14.4 Å². The molecule has 4 amide bonds. The van der Waals surface area contributed by atoms with Gasteiger partial charge in [0.1, 0.15) is 11.3 Å². The van der Waals surface area contributed by atoms with E-state index in [4.69, 9.17) is 4.42 Å². The number of urea groups is 1. The molecule has 0 atom stereocenters. The van der Waals surface area contributed by atoms with Gasteiger partial charge in [-0.15, -0.1) is 0 Å². The second-order valence-electron chi connectivity index (χ2n) is 5.54. The second kappa shape index (κ2) is 4.91. The van der Waals surface area contributed by atoms with Crippen molar-refractivity contribution in [3.05, 3.63) is 23.7 Å². The summed E-state index contributed by atoms with van der Waals surface area (Å²) < 4.78 is 5.05. The predicted molar refractivity (Wildman–Crippen MR) is 72.1 cm³/mol. The first kappa shape index (κ1) is 13.7. The van der Waals surface area contributed by atoms with Crippen molar-refractivity contribution in [1.29, 1.82) is 0 Å². The van der Waals surface area contributed by atoms with E-state index in [1.807, 2.05) is 0 Å². The largest absolute Gasteiger partial charge is 0.469 e. The Hall–Kier alpha value is -2.31. The van der Waals surface area contributed by atoms with Gasteiger partial charge in [-0.3, -0.25) is 15.0 Å². The molecule has 0 bridgehead atoms. The lowest BCUT2D eigenvalue weighted by atomic mass is 9.82. The summed E-state index contributed by atoms with van der Waals surface area (Å²) in [7, 11) is 0. The number of carbonyl (C=O) groups is 3. The van der Waals surface area contributed by atoms with Crippen LogP contribution in [0.3, 0.4) is 0 Å². The Labute approximate surface area is 121 Å². The maximum atomic E-state index is 12.5. The molecule has 0 unspecified atom stereocenters. The van der Waals surface area contributed by atoms with Crippen LogP contribution in [0.25, 0.3) is 0 Å². The van der Waals surface area contributed by atoms with Crippen molar-refractivity contribution in [3.63, 3.8) is 0 Å². The van der Waals surface area contributed by atoms with Gasteiger partial charge in [-0.1, -0.05) is 19.3 Å². The van der Waals surface area contributed by atoms with Gasteiger partial charge in [0.05, 0.1) is 11.8 Å². The number of rotatable bonds is 2. The lowest BCUT2D eigenvalue weighted by Gasteiger charge is -2.30. The fourth-order valence-electron chi connectivity index (χ4n) is 3.00. The van der Waals surface area contributed by atoms with E-state index in [0.29, 0.717) is 24.2 Å². The summed E-state index contributed by atoms with van der Waals surface area (Å²) in [5.74, 6) is -0.466. The molecular formula is C14H17N3O4. The van der Waals surface area contributed by atoms with Crippen LogP contribution in [0.4, 0.5) is 4.79 Å². The summed E-state index contributed by atoms with van der Waals surface area (Å²) in [5.41, 5.74) is 1.83. The van der Waals surface area contributed by atoms with Crippen LogP contribution in [0.1, 0.15) is 48.2 Å². The van der Waals surface area contributed by atoms with Gasteiger partial charge < -0.3 is 9.73 Å². The van der Waals surface area contributed by atoms with Gasteiger partial charge in [-0.05, 0) is 25.8 Å². The van der Waals surface area contributed by atoms with Crippen LogP contribution >= 0.6 is 0 Å². The summed E-state index contributed by atoms with van der Waals surface area (Å²) in [4.78, 5) is 36.6. The van der Waals surface area contributed by atoms with E-state index >= 15 is 0 Å². The van der Waals surface area contributed by atoms with E-state index in [0.717, 1.165) is 24.3 Å². The minimum Gasteiger partial charge on any atom is -0.469 e. The molecule has 21 heavy (non-hydrogen) atoms. The maximum absolute atomic E-state index is 12.5. The van der Waals surface area contributed by atoms with Crippen LogP contribution in [-0.2, 0) is 4.79 Å². The molecule has 3 rings (SSSR count). The molecule has 0 aromatic carbocycles. The molecule has 1 aromatic rings. The molecule has 1 saturated heterocycles. The smallest absolute Gasteiger partial charge is 0.344 e. The van der Waals surface area contributed by atoms with Gasteiger partial charge >= 0.3 is 6.03 Å². The second-order valence-corrected chi connectivity index (χ2v) is 5.54. The fraction of sp³-hybridized carbons (Fsp3) is 0.500. The Morgan fingerprint density at radius 2 is 2.05 bits per heavy atom. The van der Waals surface area contributed by atoms with Gasteiger partial charge in [0, 0.05) is 0 Å². The first-order valence-electron chi connectivity index (χ1n) is 7.05. The molecule has 2 fully saturated rings. The summed E-state index contributed by atoms with van der Waals surface area (Å²) in [6.07, 6.45) is 5.48. The number of furan rings is 1. The van der Waals surface area contributed by atoms with Gasteiger partial charge in [0.25, 0.3) is 11.8 Å². The SMILES string of the molecule is Cc1occc1C(=O)NN1C(=O)NC2(CCCCC2)C1=O. The minimum absolute atomic E-state index is 0.306. The molecule has 1 aliphatic heterocycles.